The molecule has 0 aromatic heterocycles. The van der Waals surface area contributed by atoms with Gasteiger partial charge in [-0.05, 0) is 37.0 Å². The molecule has 1 aliphatic rings. The molecule has 1 atom stereocenters. The number of nitrogens with zero attached hydrogens (tertiary/aromatic N) is 1. The van der Waals surface area contributed by atoms with Gasteiger partial charge in [-0.15, -0.1) is 0 Å². The summed E-state index contributed by atoms with van der Waals surface area (Å²) in [4.78, 5) is 13.6. The van der Waals surface area contributed by atoms with Crippen LogP contribution in [-0.2, 0) is 5.54 Å². The van der Waals surface area contributed by atoms with E-state index in [2.05, 4.69) is 5.32 Å². The van der Waals surface area contributed by atoms with Crippen molar-refractivity contribution in [1.29, 1.82) is 0 Å². The van der Waals surface area contributed by atoms with Crippen molar-refractivity contribution in [2.24, 2.45) is 0 Å². The van der Waals surface area contributed by atoms with Gasteiger partial charge in [-0.2, -0.15) is 0 Å². The van der Waals surface area contributed by atoms with Gasteiger partial charge in [0.1, 0.15) is 5.82 Å². The molecule has 1 fully saturated rings. The average Bonchev–Trinajstić information content (AvgIpc) is 2.42. The molecule has 1 heterocycles. The Morgan fingerprint density at radius 2 is 2.11 bits per heavy atom. The molecule has 0 aliphatic carbocycles. The van der Waals surface area contributed by atoms with Gasteiger partial charge in [0.05, 0.1) is 5.54 Å². The smallest absolute Gasteiger partial charge is 0.317 e. The molecule has 2 rings (SSSR count). The zero-order valence-corrected chi connectivity index (χ0v) is 11.0. The third-order valence-electron chi connectivity index (χ3n) is 3.89. The first-order chi connectivity index (χ1) is 9.10. The lowest BCUT2D eigenvalue weighted by atomic mass is 9.80. The Morgan fingerprint density at radius 3 is 2.74 bits per heavy atom. The Bertz CT molecular complexity index is 449. The van der Waals surface area contributed by atoms with Crippen LogP contribution in [0.2, 0.25) is 0 Å². The lowest BCUT2D eigenvalue weighted by Gasteiger charge is -2.46. The number of urea groups is 1. The van der Waals surface area contributed by atoms with Crippen molar-refractivity contribution in [2.75, 3.05) is 20.2 Å². The highest BCUT2D eigenvalue weighted by Gasteiger charge is 2.41. The van der Waals surface area contributed by atoms with E-state index in [4.69, 9.17) is 5.11 Å². The maximum Gasteiger partial charge on any atom is 0.317 e. The summed E-state index contributed by atoms with van der Waals surface area (Å²) in [5, 5.41) is 11.9. The van der Waals surface area contributed by atoms with Crippen LogP contribution in [0.4, 0.5) is 9.18 Å². The first-order valence-electron chi connectivity index (χ1n) is 6.49. The Hall–Kier alpha value is -1.62. The summed E-state index contributed by atoms with van der Waals surface area (Å²) in [6.07, 6.45) is 2.02. The van der Waals surface area contributed by atoms with Gasteiger partial charge in [-0.25, -0.2) is 9.18 Å². The van der Waals surface area contributed by atoms with Crippen LogP contribution in [0.5, 0.6) is 0 Å². The van der Waals surface area contributed by atoms with E-state index in [0.29, 0.717) is 19.4 Å². The molecule has 1 saturated heterocycles. The van der Waals surface area contributed by atoms with Gasteiger partial charge in [0, 0.05) is 20.2 Å². The molecule has 4 nitrogen and oxygen atoms in total. The van der Waals surface area contributed by atoms with E-state index in [-0.39, 0.29) is 18.5 Å². The molecule has 104 valence electrons. The first kappa shape index (κ1) is 13.8. The summed E-state index contributed by atoms with van der Waals surface area (Å²) in [7, 11) is 1.75. The highest BCUT2D eigenvalue weighted by atomic mass is 19.1. The molecular formula is C14H19FN2O2. The monoisotopic (exact) mass is 266 g/mol. The third kappa shape index (κ3) is 2.56. The number of nitrogens with one attached hydrogen (secondary N) is 1. The lowest BCUT2D eigenvalue weighted by molar-refractivity contribution is 0.0883. The molecule has 5 heteroatoms. The minimum Gasteiger partial charge on any atom is -0.396 e. The number of carbonyl (C=O) groups is 1. The van der Waals surface area contributed by atoms with Crippen molar-refractivity contribution in [1.82, 2.24) is 10.2 Å². The summed E-state index contributed by atoms with van der Waals surface area (Å²) in [6, 6.07) is 6.14. The van der Waals surface area contributed by atoms with Gasteiger partial charge in [-0.3, -0.25) is 0 Å². The number of halogens is 1. The standard InChI is InChI=1S/C14H19FN2O2/c1-17-13(19)16-9-8-14(17,7-2-10-18)11-3-5-12(15)6-4-11/h3-6,18H,2,7-10H2,1H3,(H,16,19). The van der Waals surface area contributed by atoms with Gasteiger partial charge in [0.25, 0.3) is 0 Å². The molecule has 0 saturated carbocycles. The molecule has 0 bridgehead atoms. The largest absolute Gasteiger partial charge is 0.396 e. The minimum atomic E-state index is -0.460. The Balaban J connectivity index is 2.38. The van der Waals surface area contributed by atoms with Crippen LogP contribution in [0, 0.1) is 5.82 Å². The Morgan fingerprint density at radius 1 is 1.42 bits per heavy atom. The predicted molar refractivity (Wildman–Crippen MR) is 70.2 cm³/mol. The summed E-state index contributed by atoms with van der Waals surface area (Å²) in [6.45, 7) is 0.671. The van der Waals surface area contributed by atoms with Gasteiger partial charge in [-0.1, -0.05) is 12.1 Å². The first-order valence-corrected chi connectivity index (χ1v) is 6.49. The molecule has 2 N–H and O–H groups in total. The fourth-order valence-corrected chi connectivity index (χ4v) is 2.76. The van der Waals surface area contributed by atoms with Crippen LogP contribution < -0.4 is 5.32 Å². The molecule has 0 spiro atoms. The lowest BCUT2D eigenvalue weighted by Crippen LogP contribution is -2.57. The summed E-state index contributed by atoms with van der Waals surface area (Å²) in [5.41, 5.74) is 0.457. The van der Waals surface area contributed by atoms with Crippen LogP contribution in [0.3, 0.4) is 0 Å². The van der Waals surface area contributed by atoms with Crippen LogP contribution in [0.25, 0.3) is 0 Å². The minimum absolute atomic E-state index is 0.0817. The highest BCUT2D eigenvalue weighted by Crippen LogP contribution is 2.37. The fraction of sp³-hybridized carbons (Fsp3) is 0.500. The second kappa shape index (κ2) is 5.57. The van der Waals surface area contributed by atoms with E-state index < -0.39 is 5.54 Å². The Labute approximate surface area is 112 Å². The van der Waals surface area contributed by atoms with Crippen molar-refractivity contribution in [3.63, 3.8) is 0 Å². The number of aliphatic hydroxyl groups is 1. The van der Waals surface area contributed by atoms with E-state index in [9.17, 15) is 9.18 Å². The number of rotatable bonds is 4. The summed E-state index contributed by atoms with van der Waals surface area (Å²) in [5.74, 6) is -0.288. The van der Waals surface area contributed by atoms with E-state index >= 15 is 0 Å². The second-order valence-electron chi connectivity index (χ2n) is 4.91. The van der Waals surface area contributed by atoms with Crippen molar-refractivity contribution >= 4 is 6.03 Å². The number of aliphatic hydroxyl groups excluding tert-OH is 1. The van der Waals surface area contributed by atoms with Crippen molar-refractivity contribution in [3.05, 3.63) is 35.6 Å². The predicted octanol–water partition coefficient (Wildman–Crippen LogP) is 1.84. The Kier molecular flexibility index (Phi) is 4.04. The van der Waals surface area contributed by atoms with Crippen molar-refractivity contribution < 1.29 is 14.3 Å². The highest BCUT2D eigenvalue weighted by molar-refractivity contribution is 5.76. The molecule has 1 aromatic carbocycles. The molecule has 1 aromatic rings. The van der Waals surface area contributed by atoms with Crippen molar-refractivity contribution in [3.8, 4) is 0 Å². The normalized spacial score (nSPS) is 23.3. The van der Waals surface area contributed by atoms with E-state index in [1.807, 2.05) is 0 Å². The molecule has 1 unspecified atom stereocenters. The molecule has 0 radical (unpaired) electrons. The number of benzene rings is 1. The van der Waals surface area contributed by atoms with Gasteiger partial charge >= 0.3 is 6.03 Å². The molecular weight excluding hydrogens is 247 g/mol. The second-order valence-corrected chi connectivity index (χ2v) is 4.91. The average molecular weight is 266 g/mol. The van der Waals surface area contributed by atoms with Crippen LogP contribution >= 0.6 is 0 Å². The number of hydrogen-bond acceptors (Lipinski definition) is 2. The van der Waals surface area contributed by atoms with Crippen molar-refractivity contribution in [2.45, 2.75) is 24.8 Å². The van der Waals surface area contributed by atoms with Crippen LogP contribution in [-0.4, -0.2) is 36.2 Å². The molecule has 19 heavy (non-hydrogen) atoms. The zero-order valence-electron chi connectivity index (χ0n) is 11.0. The van der Waals surface area contributed by atoms with Gasteiger partial charge in [0.15, 0.2) is 0 Å². The number of amides is 2. The van der Waals surface area contributed by atoms with Gasteiger partial charge in [0.2, 0.25) is 0 Å². The zero-order chi connectivity index (χ0) is 13.9. The SMILES string of the molecule is CN1C(=O)NCCC1(CCCO)c1ccc(F)cc1. The quantitative estimate of drug-likeness (QED) is 0.873. The summed E-state index contributed by atoms with van der Waals surface area (Å²) < 4.78 is 13.1. The number of carbonyl (C=O) groups excluding carboxylic acids is 1. The van der Waals surface area contributed by atoms with Crippen LogP contribution in [0.1, 0.15) is 24.8 Å². The molecule has 2 amide bonds. The van der Waals surface area contributed by atoms with Crippen LogP contribution in [0.15, 0.2) is 24.3 Å². The summed E-state index contributed by atoms with van der Waals surface area (Å²) >= 11 is 0. The van der Waals surface area contributed by atoms with E-state index in [1.165, 1.54) is 12.1 Å². The van der Waals surface area contributed by atoms with Gasteiger partial charge < -0.3 is 15.3 Å². The third-order valence-corrected chi connectivity index (χ3v) is 3.89. The number of hydrogen-bond donors (Lipinski definition) is 2. The topological polar surface area (TPSA) is 52.6 Å². The maximum atomic E-state index is 13.1. The maximum absolute atomic E-state index is 13.1. The molecule has 1 aliphatic heterocycles. The van der Waals surface area contributed by atoms with E-state index in [1.54, 1.807) is 24.1 Å². The fourth-order valence-electron chi connectivity index (χ4n) is 2.76. The van der Waals surface area contributed by atoms with E-state index in [0.717, 1.165) is 12.0 Å².